The van der Waals surface area contributed by atoms with Crippen LogP contribution in [0, 0.1) is 5.92 Å². The van der Waals surface area contributed by atoms with Gasteiger partial charge in [-0.05, 0) is 39.2 Å². The van der Waals surface area contributed by atoms with Crippen molar-refractivity contribution < 1.29 is 4.21 Å². The third-order valence-electron chi connectivity index (χ3n) is 3.46. The lowest BCUT2D eigenvalue weighted by Crippen LogP contribution is -2.26. The van der Waals surface area contributed by atoms with Crippen molar-refractivity contribution in [3.05, 3.63) is 48.0 Å². The van der Waals surface area contributed by atoms with Crippen LogP contribution in [0.25, 0.3) is 0 Å². The fourth-order valence-corrected chi connectivity index (χ4v) is 4.40. The second kappa shape index (κ2) is 5.00. The second-order valence-electron chi connectivity index (χ2n) is 5.91. The molecular formula is C16H22OS. The molecular weight excluding hydrogens is 240 g/mol. The monoisotopic (exact) mass is 262 g/mol. The van der Waals surface area contributed by atoms with E-state index in [1.54, 1.807) is 0 Å². The number of hydrogen-bond acceptors (Lipinski definition) is 1. The molecule has 4 atom stereocenters. The predicted octanol–water partition coefficient (Wildman–Crippen LogP) is 3.89. The van der Waals surface area contributed by atoms with Gasteiger partial charge in [0.25, 0.3) is 0 Å². The van der Waals surface area contributed by atoms with E-state index in [1.807, 2.05) is 13.0 Å². The molecule has 0 bridgehead atoms. The van der Waals surface area contributed by atoms with Gasteiger partial charge < -0.3 is 0 Å². The third-order valence-corrected chi connectivity index (χ3v) is 5.77. The standard InChI is InChI=1S/C16H22OS/c1-5-9-13-14(12-10-7-6-8-11-12)15(13)18(17)16(2,3)4/h5-11,13-15H,1-4H3/b9-5+/t13-,14-,15?,18?/m0/s1. The van der Waals surface area contributed by atoms with Crippen LogP contribution in [0.5, 0.6) is 0 Å². The molecule has 0 radical (unpaired) electrons. The molecule has 2 rings (SSSR count). The predicted molar refractivity (Wildman–Crippen MR) is 79.2 cm³/mol. The van der Waals surface area contributed by atoms with E-state index in [0.717, 1.165) is 0 Å². The Morgan fingerprint density at radius 2 is 1.78 bits per heavy atom. The molecule has 18 heavy (non-hydrogen) atoms. The van der Waals surface area contributed by atoms with E-state index >= 15 is 0 Å². The lowest BCUT2D eigenvalue weighted by atomic mass is 10.1. The van der Waals surface area contributed by atoms with Crippen LogP contribution < -0.4 is 0 Å². The van der Waals surface area contributed by atoms with Crippen LogP contribution in [0.4, 0.5) is 0 Å². The molecule has 2 unspecified atom stereocenters. The highest BCUT2D eigenvalue weighted by Gasteiger charge is 2.55. The van der Waals surface area contributed by atoms with Crippen LogP contribution in [0.3, 0.4) is 0 Å². The number of hydrogen-bond donors (Lipinski definition) is 0. The minimum atomic E-state index is -0.791. The molecule has 1 fully saturated rings. The van der Waals surface area contributed by atoms with E-state index in [0.29, 0.717) is 11.8 Å². The molecule has 0 aliphatic heterocycles. The SMILES string of the molecule is C/C=C/[C@@H]1C(S(=O)C(C)(C)C)[C@H]1c1ccccc1. The average molecular weight is 262 g/mol. The van der Waals surface area contributed by atoms with Crippen LogP contribution in [0.15, 0.2) is 42.5 Å². The third kappa shape index (κ3) is 2.59. The summed E-state index contributed by atoms with van der Waals surface area (Å²) in [7, 11) is -0.791. The normalized spacial score (nSPS) is 29.4. The van der Waals surface area contributed by atoms with Gasteiger partial charge in [-0.25, -0.2) is 0 Å². The van der Waals surface area contributed by atoms with Crippen molar-refractivity contribution in [2.45, 2.75) is 43.6 Å². The first-order valence-electron chi connectivity index (χ1n) is 6.55. The van der Waals surface area contributed by atoms with E-state index in [-0.39, 0.29) is 10.00 Å². The van der Waals surface area contributed by atoms with Crippen LogP contribution >= 0.6 is 0 Å². The molecule has 1 aromatic carbocycles. The van der Waals surface area contributed by atoms with Gasteiger partial charge >= 0.3 is 0 Å². The number of rotatable bonds is 3. The Kier molecular flexibility index (Phi) is 3.76. The maximum atomic E-state index is 12.6. The van der Waals surface area contributed by atoms with Crippen molar-refractivity contribution >= 4 is 10.8 Å². The summed E-state index contributed by atoms with van der Waals surface area (Å²) in [4.78, 5) is 0. The topological polar surface area (TPSA) is 17.1 Å². The van der Waals surface area contributed by atoms with Crippen molar-refractivity contribution in [1.82, 2.24) is 0 Å². The highest BCUT2D eigenvalue weighted by atomic mass is 32.2. The van der Waals surface area contributed by atoms with Crippen LogP contribution in [0.1, 0.15) is 39.2 Å². The minimum absolute atomic E-state index is 0.131. The Bertz CT molecular complexity index is 456. The number of benzene rings is 1. The van der Waals surface area contributed by atoms with Gasteiger partial charge in [-0.15, -0.1) is 0 Å². The van der Waals surface area contributed by atoms with E-state index in [2.05, 4.69) is 57.2 Å². The zero-order valence-electron chi connectivity index (χ0n) is 11.6. The fourth-order valence-electron chi connectivity index (χ4n) is 2.53. The molecule has 0 amide bonds. The molecule has 98 valence electrons. The molecule has 0 aromatic heterocycles. The summed E-state index contributed by atoms with van der Waals surface area (Å²) in [6, 6.07) is 10.5. The molecule has 1 nitrogen and oxygen atoms in total. The van der Waals surface area contributed by atoms with Crippen LogP contribution in [-0.4, -0.2) is 14.2 Å². The van der Waals surface area contributed by atoms with Crippen molar-refractivity contribution in [3.8, 4) is 0 Å². The maximum absolute atomic E-state index is 12.6. The van der Waals surface area contributed by atoms with Crippen molar-refractivity contribution in [1.29, 1.82) is 0 Å². The fraction of sp³-hybridized carbons (Fsp3) is 0.500. The van der Waals surface area contributed by atoms with Gasteiger partial charge in [-0.2, -0.15) is 0 Å². The second-order valence-corrected chi connectivity index (χ2v) is 8.28. The zero-order chi connectivity index (χ0) is 13.3. The highest BCUT2D eigenvalue weighted by Crippen LogP contribution is 2.53. The molecule has 0 heterocycles. The lowest BCUT2D eigenvalue weighted by molar-refractivity contribution is 0.646. The van der Waals surface area contributed by atoms with Gasteiger partial charge in [0.2, 0.25) is 0 Å². The Morgan fingerprint density at radius 3 is 2.28 bits per heavy atom. The molecule has 0 spiro atoms. The molecule has 1 aromatic rings. The van der Waals surface area contributed by atoms with Gasteiger partial charge in [0.15, 0.2) is 0 Å². The van der Waals surface area contributed by atoms with Crippen LogP contribution in [-0.2, 0) is 10.8 Å². The quantitative estimate of drug-likeness (QED) is 0.755. The van der Waals surface area contributed by atoms with E-state index < -0.39 is 10.8 Å². The van der Waals surface area contributed by atoms with Gasteiger partial charge in [-0.3, -0.25) is 4.21 Å². The van der Waals surface area contributed by atoms with E-state index in [1.165, 1.54) is 5.56 Å². The highest BCUT2D eigenvalue weighted by molar-refractivity contribution is 7.87. The summed E-state index contributed by atoms with van der Waals surface area (Å²) < 4.78 is 12.4. The molecule has 1 aliphatic rings. The Labute approximate surface area is 113 Å². The van der Waals surface area contributed by atoms with Gasteiger partial charge in [0, 0.05) is 26.7 Å². The summed E-state index contributed by atoms with van der Waals surface area (Å²) in [5.74, 6) is 0.875. The first-order chi connectivity index (χ1) is 8.46. The zero-order valence-corrected chi connectivity index (χ0v) is 12.4. The summed E-state index contributed by atoms with van der Waals surface area (Å²) in [6.07, 6.45) is 4.30. The average Bonchev–Trinajstić information content (AvgIpc) is 3.02. The first kappa shape index (κ1) is 13.5. The molecule has 1 saturated carbocycles. The lowest BCUT2D eigenvalue weighted by Gasteiger charge is -2.17. The van der Waals surface area contributed by atoms with E-state index in [9.17, 15) is 4.21 Å². The Hall–Kier alpha value is -0.890. The summed E-state index contributed by atoms with van der Waals surface area (Å²) in [5.41, 5.74) is 1.32. The van der Waals surface area contributed by atoms with Crippen molar-refractivity contribution in [2.75, 3.05) is 0 Å². The molecule has 1 aliphatic carbocycles. The summed E-state index contributed by atoms with van der Waals surface area (Å²) >= 11 is 0. The number of allylic oxidation sites excluding steroid dienone is 2. The summed E-state index contributed by atoms with van der Waals surface area (Å²) in [5, 5.41) is 0.281. The van der Waals surface area contributed by atoms with Gasteiger partial charge in [-0.1, -0.05) is 42.5 Å². The van der Waals surface area contributed by atoms with E-state index in [4.69, 9.17) is 0 Å². The Balaban J connectivity index is 2.24. The smallest absolute Gasteiger partial charge is 0.0496 e. The van der Waals surface area contributed by atoms with Crippen molar-refractivity contribution in [3.63, 3.8) is 0 Å². The maximum Gasteiger partial charge on any atom is 0.0496 e. The van der Waals surface area contributed by atoms with Gasteiger partial charge in [0.05, 0.1) is 0 Å². The van der Waals surface area contributed by atoms with Gasteiger partial charge in [0.1, 0.15) is 0 Å². The molecule has 0 N–H and O–H groups in total. The molecule has 0 saturated heterocycles. The first-order valence-corrected chi connectivity index (χ1v) is 7.76. The molecule has 2 heteroatoms. The summed E-state index contributed by atoms with van der Waals surface area (Å²) in [6.45, 7) is 8.24. The largest absolute Gasteiger partial charge is 0.259 e. The van der Waals surface area contributed by atoms with Crippen molar-refractivity contribution in [2.24, 2.45) is 5.92 Å². The minimum Gasteiger partial charge on any atom is -0.259 e. The van der Waals surface area contributed by atoms with Crippen LogP contribution in [0.2, 0.25) is 0 Å². The Morgan fingerprint density at radius 1 is 1.17 bits per heavy atom.